The average molecular weight is 420 g/mol. The number of nitrogens with zero attached hydrogens (tertiary/aromatic N) is 1. The summed E-state index contributed by atoms with van der Waals surface area (Å²) in [4.78, 5) is 35.1. The Morgan fingerprint density at radius 1 is 1.19 bits per heavy atom. The summed E-state index contributed by atoms with van der Waals surface area (Å²) >= 11 is 5.92. The lowest BCUT2D eigenvalue weighted by Crippen LogP contribution is -2.41. The summed E-state index contributed by atoms with van der Waals surface area (Å²) in [6.45, 7) is 2.65. The highest BCUT2D eigenvalue weighted by Gasteiger charge is 2.22. The van der Waals surface area contributed by atoms with Gasteiger partial charge < -0.3 is 15.4 Å². The lowest BCUT2D eigenvalue weighted by Gasteiger charge is -2.13. The molecule has 0 saturated heterocycles. The summed E-state index contributed by atoms with van der Waals surface area (Å²) < 4.78 is 30.1. The number of carbonyl (C=O) groups is 3. The molecule has 1 aromatic carbocycles. The zero-order valence-corrected chi connectivity index (χ0v) is 17.0. The van der Waals surface area contributed by atoms with Crippen LogP contribution in [0.4, 0.5) is 0 Å². The smallest absolute Gasteiger partial charge is 0.340 e. The Morgan fingerprint density at radius 3 is 2.37 bits per heavy atom. The Kier molecular flexibility index (Phi) is 8.20. The fraction of sp³-hybridized carbons (Fsp3) is 0.438. The standard InChI is InChI=1S/C16H22ClN3O6S/c1-10(2)19-14(21)8-18-15(22)9-26-16(23)12-7-11(5-6-13(12)17)27(24,25)20(3)4/h5-7,10H,8-9H2,1-4H3,(H,18,22)(H,19,21). The summed E-state index contributed by atoms with van der Waals surface area (Å²) in [6, 6.07) is 3.52. The maximum absolute atomic E-state index is 12.1. The molecule has 0 heterocycles. The molecule has 0 radical (unpaired) electrons. The molecule has 0 aliphatic rings. The van der Waals surface area contributed by atoms with Gasteiger partial charge in [-0.1, -0.05) is 11.6 Å². The Hall–Kier alpha value is -2.17. The van der Waals surface area contributed by atoms with Crippen molar-refractivity contribution in [3.05, 3.63) is 28.8 Å². The molecule has 0 aliphatic heterocycles. The van der Waals surface area contributed by atoms with E-state index in [0.717, 1.165) is 10.4 Å². The van der Waals surface area contributed by atoms with Crippen LogP contribution in [0.3, 0.4) is 0 Å². The van der Waals surface area contributed by atoms with Crippen LogP contribution in [0.2, 0.25) is 5.02 Å². The van der Waals surface area contributed by atoms with Crippen molar-refractivity contribution in [3.63, 3.8) is 0 Å². The molecular formula is C16H22ClN3O6S. The molecule has 0 bridgehead atoms. The number of carbonyl (C=O) groups excluding carboxylic acids is 3. The summed E-state index contributed by atoms with van der Waals surface area (Å²) in [5.41, 5.74) is -0.190. The van der Waals surface area contributed by atoms with E-state index in [4.69, 9.17) is 16.3 Å². The zero-order valence-electron chi connectivity index (χ0n) is 15.4. The van der Waals surface area contributed by atoms with Crippen molar-refractivity contribution in [1.29, 1.82) is 0 Å². The van der Waals surface area contributed by atoms with Gasteiger partial charge in [-0.2, -0.15) is 0 Å². The number of rotatable bonds is 8. The van der Waals surface area contributed by atoms with Crippen LogP contribution in [-0.2, 0) is 24.3 Å². The molecule has 2 amide bonds. The SMILES string of the molecule is CC(C)NC(=O)CNC(=O)COC(=O)c1cc(S(=O)(=O)N(C)C)ccc1Cl. The highest BCUT2D eigenvalue weighted by Crippen LogP contribution is 2.22. The van der Waals surface area contributed by atoms with E-state index in [1.54, 1.807) is 13.8 Å². The molecule has 0 fully saturated rings. The van der Waals surface area contributed by atoms with Gasteiger partial charge in [0.1, 0.15) is 0 Å². The van der Waals surface area contributed by atoms with E-state index in [-0.39, 0.29) is 34.0 Å². The number of sulfonamides is 1. The monoisotopic (exact) mass is 419 g/mol. The quantitative estimate of drug-likeness (QED) is 0.588. The molecule has 0 spiro atoms. The number of ether oxygens (including phenoxy) is 1. The van der Waals surface area contributed by atoms with Crippen LogP contribution in [0.1, 0.15) is 24.2 Å². The van der Waals surface area contributed by atoms with E-state index >= 15 is 0 Å². The second-order valence-corrected chi connectivity index (χ2v) is 8.56. The lowest BCUT2D eigenvalue weighted by atomic mass is 10.2. The van der Waals surface area contributed by atoms with E-state index in [9.17, 15) is 22.8 Å². The molecule has 11 heteroatoms. The van der Waals surface area contributed by atoms with Crippen molar-refractivity contribution in [2.24, 2.45) is 0 Å². The van der Waals surface area contributed by atoms with Crippen LogP contribution in [0.15, 0.2) is 23.1 Å². The number of hydrogen-bond donors (Lipinski definition) is 2. The number of hydrogen-bond acceptors (Lipinski definition) is 6. The Balaban J connectivity index is 2.72. The Morgan fingerprint density at radius 2 is 1.81 bits per heavy atom. The number of halogens is 1. The van der Waals surface area contributed by atoms with Gasteiger partial charge in [0, 0.05) is 20.1 Å². The highest BCUT2D eigenvalue weighted by molar-refractivity contribution is 7.89. The first-order valence-corrected chi connectivity index (χ1v) is 9.72. The third-order valence-corrected chi connectivity index (χ3v) is 5.31. The van der Waals surface area contributed by atoms with Crippen LogP contribution in [-0.4, -0.2) is 63.8 Å². The molecule has 0 saturated carbocycles. The average Bonchev–Trinajstić information content (AvgIpc) is 2.57. The molecule has 1 rings (SSSR count). The van der Waals surface area contributed by atoms with Crippen molar-refractivity contribution in [1.82, 2.24) is 14.9 Å². The topological polar surface area (TPSA) is 122 Å². The summed E-state index contributed by atoms with van der Waals surface area (Å²) in [5.74, 6) is -2.03. The van der Waals surface area contributed by atoms with Crippen molar-refractivity contribution in [2.45, 2.75) is 24.8 Å². The first kappa shape index (κ1) is 22.9. The van der Waals surface area contributed by atoms with E-state index in [2.05, 4.69) is 10.6 Å². The van der Waals surface area contributed by atoms with Gasteiger partial charge in [0.15, 0.2) is 6.61 Å². The first-order valence-electron chi connectivity index (χ1n) is 7.90. The van der Waals surface area contributed by atoms with Gasteiger partial charge in [-0.05, 0) is 32.0 Å². The number of benzene rings is 1. The second-order valence-electron chi connectivity index (χ2n) is 6.00. The predicted octanol–water partition coefficient (Wildman–Crippen LogP) is 0.388. The van der Waals surface area contributed by atoms with Gasteiger partial charge in [-0.3, -0.25) is 9.59 Å². The van der Waals surface area contributed by atoms with Crippen molar-refractivity contribution in [2.75, 3.05) is 27.2 Å². The summed E-state index contributed by atoms with van der Waals surface area (Å²) in [7, 11) is -1.07. The van der Waals surface area contributed by atoms with Crippen LogP contribution < -0.4 is 10.6 Å². The van der Waals surface area contributed by atoms with Gasteiger partial charge >= 0.3 is 5.97 Å². The fourth-order valence-electron chi connectivity index (χ4n) is 1.84. The normalized spacial score (nSPS) is 11.4. The zero-order chi connectivity index (χ0) is 20.8. The molecule has 150 valence electrons. The van der Waals surface area contributed by atoms with Crippen LogP contribution in [0.25, 0.3) is 0 Å². The minimum absolute atomic E-state index is 0.0191. The number of nitrogens with one attached hydrogen (secondary N) is 2. The second kappa shape index (κ2) is 9.67. The molecular weight excluding hydrogens is 398 g/mol. The van der Waals surface area contributed by atoms with Crippen molar-refractivity contribution < 1.29 is 27.5 Å². The molecule has 2 N–H and O–H groups in total. The van der Waals surface area contributed by atoms with Crippen molar-refractivity contribution in [3.8, 4) is 0 Å². The summed E-state index contributed by atoms with van der Waals surface area (Å²) in [5, 5.41) is 4.86. The third-order valence-electron chi connectivity index (χ3n) is 3.17. The Labute approximate surface area is 163 Å². The number of esters is 1. The highest BCUT2D eigenvalue weighted by atomic mass is 35.5. The molecule has 0 atom stereocenters. The van der Waals surface area contributed by atoms with Crippen molar-refractivity contribution >= 4 is 39.4 Å². The maximum atomic E-state index is 12.1. The van der Waals surface area contributed by atoms with Crippen LogP contribution in [0.5, 0.6) is 0 Å². The largest absolute Gasteiger partial charge is 0.452 e. The molecule has 0 unspecified atom stereocenters. The van der Waals surface area contributed by atoms with Gasteiger partial charge in [-0.15, -0.1) is 0 Å². The van der Waals surface area contributed by atoms with E-state index in [0.29, 0.717) is 0 Å². The molecule has 1 aromatic rings. The Bertz CT molecular complexity index is 823. The van der Waals surface area contributed by atoms with E-state index in [1.807, 2.05) is 0 Å². The minimum Gasteiger partial charge on any atom is -0.452 e. The molecule has 0 aliphatic carbocycles. The first-order chi connectivity index (χ1) is 12.4. The van der Waals surface area contributed by atoms with E-state index < -0.39 is 28.5 Å². The lowest BCUT2D eigenvalue weighted by molar-refractivity contribution is -0.128. The fourth-order valence-corrected chi connectivity index (χ4v) is 2.97. The van der Waals surface area contributed by atoms with Crippen LogP contribution >= 0.6 is 11.6 Å². The molecule has 9 nitrogen and oxygen atoms in total. The molecule has 0 aromatic heterocycles. The third kappa shape index (κ3) is 6.81. The maximum Gasteiger partial charge on any atom is 0.340 e. The predicted molar refractivity (Wildman–Crippen MR) is 98.9 cm³/mol. The van der Waals surface area contributed by atoms with Gasteiger partial charge in [-0.25, -0.2) is 17.5 Å². The number of amides is 2. The van der Waals surface area contributed by atoms with Gasteiger partial charge in [0.05, 0.1) is 22.0 Å². The minimum atomic E-state index is -3.77. The summed E-state index contributed by atoms with van der Waals surface area (Å²) in [6.07, 6.45) is 0. The van der Waals surface area contributed by atoms with Gasteiger partial charge in [0.25, 0.3) is 5.91 Å². The van der Waals surface area contributed by atoms with E-state index in [1.165, 1.54) is 26.2 Å². The molecule has 27 heavy (non-hydrogen) atoms. The van der Waals surface area contributed by atoms with Gasteiger partial charge in [0.2, 0.25) is 15.9 Å². The van der Waals surface area contributed by atoms with Crippen LogP contribution in [0, 0.1) is 0 Å².